The monoisotopic (exact) mass is 204 g/mol. The van der Waals surface area contributed by atoms with Crippen LogP contribution in [0, 0.1) is 11.8 Å². The lowest BCUT2D eigenvalue weighted by Crippen LogP contribution is -1.95. The molecule has 15 heavy (non-hydrogen) atoms. The van der Waals surface area contributed by atoms with E-state index in [1.54, 1.807) is 0 Å². The van der Waals surface area contributed by atoms with Crippen LogP contribution in [0.3, 0.4) is 0 Å². The van der Waals surface area contributed by atoms with E-state index in [9.17, 15) is 14.7 Å². The summed E-state index contributed by atoms with van der Waals surface area (Å²) in [5.74, 6) is 3.64. The van der Waals surface area contributed by atoms with E-state index >= 15 is 0 Å². The van der Waals surface area contributed by atoms with Crippen LogP contribution in [-0.2, 0) is 9.53 Å². The molecule has 0 fully saturated rings. The molecule has 4 nitrogen and oxygen atoms in total. The Morgan fingerprint density at radius 2 is 2.27 bits per heavy atom. The number of aldehydes is 1. The number of hydrogen-bond acceptors (Lipinski definition) is 4. The van der Waals surface area contributed by atoms with Crippen LogP contribution in [0.25, 0.3) is 0 Å². The quantitative estimate of drug-likeness (QED) is 0.416. The van der Waals surface area contributed by atoms with Gasteiger partial charge in [-0.2, -0.15) is 0 Å². The maximum Gasteiger partial charge on any atom is 0.384 e. The fourth-order valence-corrected chi connectivity index (χ4v) is 0.956. The molecule has 0 aliphatic rings. The van der Waals surface area contributed by atoms with E-state index in [0.29, 0.717) is 6.29 Å². The smallest absolute Gasteiger partial charge is 0.384 e. The van der Waals surface area contributed by atoms with Crippen molar-refractivity contribution in [1.82, 2.24) is 0 Å². The van der Waals surface area contributed by atoms with Crippen molar-refractivity contribution in [1.29, 1.82) is 0 Å². The van der Waals surface area contributed by atoms with Gasteiger partial charge in [0.25, 0.3) is 0 Å². The molecule has 0 unspecified atom stereocenters. The Hall–Kier alpha value is -2.28. The molecule has 0 aliphatic heterocycles. The lowest BCUT2D eigenvalue weighted by atomic mass is 10.1. The minimum atomic E-state index is -0.727. The van der Waals surface area contributed by atoms with Gasteiger partial charge in [-0.1, -0.05) is 18.1 Å². The first-order valence-corrected chi connectivity index (χ1v) is 4.06. The van der Waals surface area contributed by atoms with E-state index in [-0.39, 0.29) is 16.9 Å². The van der Waals surface area contributed by atoms with E-state index in [4.69, 9.17) is 0 Å². The van der Waals surface area contributed by atoms with Crippen molar-refractivity contribution in [2.75, 3.05) is 7.11 Å². The summed E-state index contributed by atoms with van der Waals surface area (Å²) in [4.78, 5) is 21.3. The molecule has 1 N–H and O–H groups in total. The maximum absolute atomic E-state index is 10.7. The topological polar surface area (TPSA) is 63.6 Å². The molecule has 0 saturated heterocycles. The molecule has 0 atom stereocenters. The second-order valence-corrected chi connectivity index (χ2v) is 2.60. The van der Waals surface area contributed by atoms with Crippen LogP contribution in [0.4, 0.5) is 0 Å². The summed E-state index contributed by atoms with van der Waals surface area (Å²) in [6.07, 6.45) is 0.557. The van der Waals surface area contributed by atoms with Gasteiger partial charge in [-0.3, -0.25) is 4.79 Å². The van der Waals surface area contributed by atoms with Crippen molar-refractivity contribution < 1.29 is 19.4 Å². The van der Waals surface area contributed by atoms with Gasteiger partial charge in [0.2, 0.25) is 0 Å². The molecule has 0 bridgehead atoms. The van der Waals surface area contributed by atoms with Gasteiger partial charge in [0.05, 0.1) is 12.7 Å². The Kier molecular flexibility index (Phi) is 3.47. The number of benzene rings is 1. The maximum atomic E-state index is 10.7. The minimum Gasteiger partial charge on any atom is -0.507 e. The fraction of sp³-hybridized carbons (Fsp3) is 0.0909. The van der Waals surface area contributed by atoms with Gasteiger partial charge in [-0.05, 0) is 6.07 Å². The van der Waals surface area contributed by atoms with Crippen LogP contribution in [0.1, 0.15) is 15.9 Å². The normalized spacial score (nSPS) is 8.60. The van der Waals surface area contributed by atoms with Crippen molar-refractivity contribution in [3.05, 3.63) is 29.3 Å². The summed E-state index contributed by atoms with van der Waals surface area (Å²) >= 11 is 0. The third-order valence-electron chi connectivity index (χ3n) is 1.68. The molecular weight excluding hydrogens is 196 g/mol. The second kappa shape index (κ2) is 4.82. The second-order valence-electron chi connectivity index (χ2n) is 2.60. The Labute approximate surface area is 86.5 Å². The molecule has 0 spiro atoms. The molecule has 0 saturated carbocycles. The summed E-state index contributed by atoms with van der Waals surface area (Å²) < 4.78 is 4.30. The zero-order valence-corrected chi connectivity index (χ0v) is 7.98. The molecule has 76 valence electrons. The highest BCUT2D eigenvalue weighted by Gasteiger charge is 2.04. The van der Waals surface area contributed by atoms with Gasteiger partial charge in [0, 0.05) is 11.5 Å². The predicted molar refractivity (Wildman–Crippen MR) is 52.4 cm³/mol. The molecule has 0 aromatic heterocycles. The number of esters is 1. The average molecular weight is 204 g/mol. The van der Waals surface area contributed by atoms with Crippen LogP contribution in [0.5, 0.6) is 5.75 Å². The molecule has 1 aromatic carbocycles. The highest BCUT2D eigenvalue weighted by molar-refractivity contribution is 5.90. The molecule has 1 rings (SSSR count). The van der Waals surface area contributed by atoms with Crippen molar-refractivity contribution in [2.24, 2.45) is 0 Å². The largest absolute Gasteiger partial charge is 0.507 e. The fourth-order valence-electron chi connectivity index (χ4n) is 0.956. The highest BCUT2D eigenvalue weighted by atomic mass is 16.5. The minimum absolute atomic E-state index is 0.123. The number of methoxy groups -OCH3 is 1. The number of phenolic OH excluding ortho intramolecular Hbond substituents is 1. The van der Waals surface area contributed by atoms with Crippen LogP contribution in [-0.4, -0.2) is 24.5 Å². The summed E-state index contributed by atoms with van der Waals surface area (Å²) in [6, 6.07) is 4.39. The lowest BCUT2D eigenvalue weighted by molar-refractivity contribution is -0.133. The molecule has 0 amide bonds. The molecule has 1 aromatic rings. The number of phenols is 1. The van der Waals surface area contributed by atoms with Crippen LogP contribution < -0.4 is 0 Å². The number of carbonyl (C=O) groups is 2. The first kappa shape index (κ1) is 10.8. The molecule has 0 aliphatic carbocycles. The zero-order valence-electron chi connectivity index (χ0n) is 7.98. The molecule has 0 heterocycles. The van der Waals surface area contributed by atoms with E-state index in [1.165, 1.54) is 25.3 Å². The summed E-state index contributed by atoms with van der Waals surface area (Å²) in [5, 5.41) is 9.39. The standard InChI is InChI=1S/C11H8O4/c1-15-11(14)6-5-9-8(7-12)3-2-4-10(9)13/h2-4,7,13H,1H3. The molecule has 0 radical (unpaired) electrons. The SMILES string of the molecule is COC(=O)C#Cc1c(O)cccc1C=O. The first-order valence-electron chi connectivity index (χ1n) is 4.06. The van der Waals surface area contributed by atoms with Crippen molar-refractivity contribution in [2.45, 2.75) is 0 Å². The van der Waals surface area contributed by atoms with Gasteiger partial charge in [-0.15, -0.1) is 0 Å². The van der Waals surface area contributed by atoms with E-state index in [1.807, 2.05) is 0 Å². The van der Waals surface area contributed by atoms with Crippen LogP contribution >= 0.6 is 0 Å². The Morgan fingerprint density at radius 1 is 1.53 bits per heavy atom. The number of aromatic hydroxyl groups is 1. The van der Waals surface area contributed by atoms with Crippen molar-refractivity contribution in [3.8, 4) is 17.6 Å². The number of ether oxygens (including phenoxy) is 1. The Morgan fingerprint density at radius 3 is 2.87 bits per heavy atom. The number of hydrogen-bond donors (Lipinski definition) is 1. The van der Waals surface area contributed by atoms with Gasteiger partial charge in [0.1, 0.15) is 5.75 Å². The number of rotatable bonds is 1. The Balaban J connectivity index is 3.16. The van der Waals surface area contributed by atoms with Gasteiger partial charge in [-0.25, -0.2) is 4.79 Å². The van der Waals surface area contributed by atoms with Crippen LogP contribution in [0.15, 0.2) is 18.2 Å². The van der Waals surface area contributed by atoms with E-state index in [2.05, 4.69) is 16.6 Å². The van der Waals surface area contributed by atoms with Gasteiger partial charge in [0.15, 0.2) is 6.29 Å². The predicted octanol–water partition coefficient (Wildman–Crippen LogP) is 0.729. The van der Waals surface area contributed by atoms with Crippen molar-refractivity contribution in [3.63, 3.8) is 0 Å². The molecular formula is C11H8O4. The lowest BCUT2D eigenvalue weighted by Gasteiger charge is -1.98. The van der Waals surface area contributed by atoms with Gasteiger partial charge < -0.3 is 9.84 Å². The number of carbonyl (C=O) groups excluding carboxylic acids is 2. The zero-order chi connectivity index (χ0) is 11.3. The van der Waals surface area contributed by atoms with E-state index in [0.717, 1.165) is 0 Å². The van der Waals surface area contributed by atoms with Crippen LogP contribution in [0.2, 0.25) is 0 Å². The third-order valence-corrected chi connectivity index (χ3v) is 1.68. The van der Waals surface area contributed by atoms with Gasteiger partial charge >= 0.3 is 5.97 Å². The highest BCUT2D eigenvalue weighted by Crippen LogP contribution is 2.18. The molecule has 4 heteroatoms. The average Bonchev–Trinajstić information content (AvgIpc) is 2.26. The summed E-state index contributed by atoms with van der Waals surface area (Å²) in [5.41, 5.74) is 0.351. The summed E-state index contributed by atoms with van der Waals surface area (Å²) in [7, 11) is 1.20. The summed E-state index contributed by atoms with van der Waals surface area (Å²) in [6.45, 7) is 0. The first-order chi connectivity index (χ1) is 7.19. The van der Waals surface area contributed by atoms with E-state index < -0.39 is 5.97 Å². The third kappa shape index (κ3) is 2.58. The Bertz CT molecular complexity index is 451. The van der Waals surface area contributed by atoms with Crippen molar-refractivity contribution >= 4 is 12.3 Å².